The van der Waals surface area contributed by atoms with Crippen molar-refractivity contribution in [3.05, 3.63) is 0 Å². The first-order valence-electron chi connectivity index (χ1n) is 6.30. The van der Waals surface area contributed by atoms with Crippen molar-refractivity contribution in [3.8, 4) is 0 Å². The number of amides is 1. The molecule has 1 saturated heterocycles. The summed E-state index contributed by atoms with van der Waals surface area (Å²) in [6, 6.07) is 0. The summed E-state index contributed by atoms with van der Waals surface area (Å²) in [5.41, 5.74) is 0. The highest BCUT2D eigenvalue weighted by Gasteiger charge is 2.17. The molecule has 0 aliphatic carbocycles. The Bertz CT molecular complexity index is 180. The first kappa shape index (κ1) is 13.5. The fourth-order valence-electron chi connectivity index (χ4n) is 2.32. The Balaban J connectivity index is 2.00. The number of nitrogens with one attached hydrogen (secondary N) is 1. The highest BCUT2D eigenvalue weighted by Crippen LogP contribution is 2.21. The standard InChI is InChI=1S/C12H23N2O2/c15-10-2-7-14-8-4-12(5-9-14)3-1-6-13-11-16/h12,15H,1-10H2,(H,13,16). The Kier molecular flexibility index (Phi) is 7.17. The van der Waals surface area contributed by atoms with Crippen molar-refractivity contribution in [2.24, 2.45) is 5.92 Å². The Morgan fingerprint density at radius 3 is 2.69 bits per heavy atom. The monoisotopic (exact) mass is 227 g/mol. The van der Waals surface area contributed by atoms with Crippen LogP contribution < -0.4 is 5.32 Å². The van der Waals surface area contributed by atoms with Crippen molar-refractivity contribution in [2.75, 3.05) is 32.8 Å². The Labute approximate surface area is 98.0 Å². The van der Waals surface area contributed by atoms with Gasteiger partial charge in [-0.1, -0.05) is 0 Å². The largest absolute Gasteiger partial charge is 0.396 e. The number of likely N-dealkylation sites (tertiary alicyclic amines) is 1. The zero-order valence-corrected chi connectivity index (χ0v) is 9.95. The molecule has 0 saturated carbocycles. The number of hydrogen-bond acceptors (Lipinski definition) is 3. The molecule has 16 heavy (non-hydrogen) atoms. The van der Waals surface area contributed by atoms with Gasteiger partial charge in [0.15, 0.2) is 0 Å². The lowest BCUT2D eigenvalue weighted by Gasteiger charge is -2.31. The molecule has 1 aliphatic rings. The molecule has 0 aromatic carbocycles. The number of hydrogen-bond donors (Lipinski definition) is 2. The normalized spacial score (nSPS) is 18.6. The molecule has 1 amide bonds. The lowest BCUT2D eigenvalue weighted by atomic mass is 9.92. The summed E-state index contributed by atoms with van der Waals surface area (Å²) in [7, 11) is 0. The molecule has 0 aromatic heterocycles. The molecule has 1 heterocycles. The van der Waals surface area contributed by atoms with Gasteiger partial charge in [-0.2, -0.15) is 0 Å². The minimum Gasteiger partial charge on any atom is -0.396 e. The number of aliphatic hydroxyl groups excluding tert-OH is 1. The summed E-state index contributed by atoms with van der Waals surface area (Å²) in [5.74, 6) is 0.818. The van der Waals surface area contributed by atoms with E-state index in [0.717, 1.165) is 44.9 Å². The van der Waals surface area contributed by atoms with Gasteiger partial charge in [-0.15, -0.1) is 0 Å². The lowest BCUT2D eigenvalue weighted by molar-refractivity contribution is 0.162. The molecule has 0 spiro atoms. The molecule has 1 rings (SSSR count). The second kappa shape index (κ2) is 8.53. The van der Waals surface area contributed by atoms with Crippen LogP contribution >= 0.6 is 0 Å². The molecule has 93 valence electrons. The molecule has 0 bridgehead atoms. The van der Waals surface area contributed by atoms with E-state index in [1.807, 2.05) is 0 Å². The van der Waals surface area contributed by atoms with E-state index in [-0.39, 0.29) is 0 Å². The zero-order valence-electron chi connectivity index (χ0n) is 9.95. The Hall–Kier alpha value is -0.610. The van der Waals surface area contributed by atoms with E-state index >= 15 is 0 Å². The minimum atomic E-state index is 0.299. The Morgan fingerprint density at radius 1 is 1.31 bits per heavy atom. The third-order valence-corrected chi connectivity index (χ3v) is 3.33. The maximum absolute atomic E-state index is 9.94. The summed E-state index contributed by atoms with van der Waals surface area (Å²) in [6.45, 7) is 4.42. The summed E-state index contributed by atoms with van der Waals surface area (Å²) in [4.78, 5) is 12.4. The van der Waals surface area contributed by atoms with Crippen LogP contribution in [0.15, 0.2) is 0 Å². The third-order valence-electron chi connectivity index (χ3n) is 3.33. The molecule has 1 radical (unpaired) electrons. The maximum atomic E-state index is 9.94. The molecule has 4 heteroatoms. The van der Waals surface area contributed by atoms with E-state index in [0.29, 0.717) is 6.61 Å². The smallest absolute Gasteiger partial charge is 0.309 e. The van der Waals surface area contributed by atoms with E-state index in [4.69, 9.17) is 5.11 Å². The van der Waals surface area contributed by atoms with Crippen molar-refractivity contribution < 1.29 is 9.90 Å². The third kappa shape index (κ3) is 5.47. The Morgan fingerprint density at radius 2 is 2.06 bits per heavy atom. The fraction of sp³-hybridized carbons (Fsp3) is 0.917. The van der Waals surface area contributed by atoms with Crippen LogP contribution in [0.4, 0.5) is 0 Å². The van der Waals surface area contributed by atoms with Gasteiger partial charge in [0.2, 0.25) is 0 Å². The molecular weight excluding hydrogens is 204 g/mol. The van der Waals surface area contributed by atoms with Crippen molar-refractivity contribution in [2.45, 2.75) is 32.1 Å². The van der Waals surface area contributed by atoms with Gasteiger partial charge in [0.1, 0.15) is 0 Å². The number of carbonyl (C=O) groups excluding carboxylic acids is 1. The van der Waals surface area contributed by atoms with Crippen molar-refractivity contribution >= 4 is 6.41 Å². The number of nitrogens with zero attached hydrogens (tertiary/aromatic N) is 1. The van der Waals surface area contributed by atoms with Gasteiger partial charge in [0, 0.05) is 19.7 Å². The van der Waals surface area contributed by atoms with E-state index in [1.54, 1.807) is 6.41 Å². The average molecular weight is 227 g/mol. The van der Waals surface area contributed by atoms with Gasteiger partial charge >= 0.3 is 6.41 Å². The van der Waals surface area contributed by atoms with Gasteiger partial charge in [-0.3, -0.25) is 4.79 Å². The summed E-state index contributed by atoms with van der Waals surface area (Å²) in [6.07, 6.45) is 7.39. The van der Waals surface area contributed by atoms with E-state index < -0.39 is 0 Å². The minimum absolute atomic E-state index is 0.299. The first-order valence-corrected chi connectivity index (χ1v) is 6.30. The van der Waals surface area contributed by atoms with Gasteiger partial charge in [0.05, 0.1) is 0 Å². The fourth-order valence-corrected chi connectivity index (χ4v) is 2.32. The summed E-state index contributed by atoms with van der Waals surface area (Å²) < 4.78 is 0. The first-order chi connectivity index (χ1) is 7.86. The van der Waals surface area contributed by atoms with Crippen molar-refractivity contribution in [1.29, 1.82) is 0 Å². The number of aliphatic hydroxyl groups is 1. The molecule has 1 fully saturated rings. The van der Waals surface area contributed by atoms with Gasteiger partial charge in [-0.25, -0.2) is 0 Å². The topological polar surface area (TPSA) is 52.6 Å². The predicted molar refractivity (Wildman–Crippen MR) is 63.8 cm³/mol. The van der Waals surface area contributed by atoms with Crippen LogP contribution in [0.3, 0.4) is 0 Å². The van der Waals surface area contributed by atoms with Gasteiger partial charge in [-0.05, 0) is 51.1 Å². The molecule has 0 unspecified atom stereocenters. The quantitative estimate of drug-likeness (QED) is 0.469. The molecule has 0 aromatic rings. The highest BCUT2D eigenvalue weighted by molar-refractivity contribution is 5.46. The molecular formula is C12H23N2O2. The number of piperidine rings is 1. The lowest BCUT2D eigenvalue weighted by Crippen LogP contribution is -2.34. The molecule has 0 atom stereocenters. The van der Waals surface area contributed by atoms with Crippen LogP contribution in [0.2, 0.25) is 0 Å². The molecule has 2 N–H and O–H groups in total. The summed E-state index contributed by atoms with van der Waals surface area (Å²) >= 11 is 0. The van der Waals surface area contributed by atoms with Crippen LogP contribution in [0.25, 0.3) is 0 Å². The maximum Gasteiger partial charge on any atom is 0.309 e. The van der Waals surface area contributed by atoms with Crippen LogP contribution in [0.5, 0.6) is 0 Å². The van der Waals surface area contributed by atoms with Crippen molar-refractivity contribution in [1.82, 2.24) is 10.2 Å². The van der Waals surface area contributed by atoms with E-state index in [1.165, 1.54) is 19.3 Å². The van der Waals surface area contributed by atoms with Crippen LogP contribution in [-0.4, -0.2) is 49.2 Å². The van der Waals surface area contributed by atoms with Crippen LogP contribution in [0, 0.1) is 5.92 Å². The second-order valence-corrected chi connectivity index (χ2v) is 4.53. The summed E-state index contributed by atoms with van der Waals surface area (Å²) in [5, 5.41) is 11.3. The molecule has 4 nitrogen and oxygen atoms in total. The predicted octanol–water partition coefficient (Wildman–Crippen LogP) is 0.518. The average Bonchev–Trinajstić information content (AvgIpc) is 2.33. The van der Waals surface area contributed by atoms with Crippen LogP contribution in [0.1, 0.15) is 32.1 Å². The van der Waals surface area contributed by atoms with Gasteiger partial charge < -0.3 is 15.3 Å². The second-order valence-electron chi connectivity index (χ2n) is 4.53. The van der Waals surface area contributed by atoms with Gasteiger partial charge in [0.25, 0.3) is 0 Å². The SMILES string of the molecule is O=[C]NCCCC1CCN(CCCO)CC1. The van der Waals surface area contributed by atoms with E-state index in [9.17, 15) is 4.79 Å². The van der Waals surface area contributed by atoms with Crippen molar-refractivity contribution in [3.63, 3.8) is 0 Å². The number of rotatable bonds is 8. The zero-order chi connectivity index (χ0) is 11.6. The highest BCUT2D eigenvalue weighted by atomic mass is 16.3. The van der Waals surface area contributed by atoms with E-state index in [2.05, 4.69) is 10.2 Å². The molecule has 1 aliphatic heterocycles. The van der Waals surface area contributed by atoms with Crippen LogP contribution in [-0.2, 0) is 4.79 Å².